The number of ether oxygens (including phenoxy) is 1. The number of anilines is 1. The van der Waals surface area contributed by atoms with Crippen LogP contribution in [0.4, 0.5) is 5.95 Å². The van der Waals surface area contributed by atoms with Crippen LogP contribution in [0, 0.1) is 0 Å². The highest BCUT2D eigenvalue weighted by Crippen LogP contribution is 2.17. The van der Waals surface area contributed by atoms with E-state index < -0.39 is 5.69 Å². The fraction of sp³-hybridized carbons (Fsp3) is 0.400. The van der Waals surface area contributed by atoms with Crippen molar-refractivity contribution < 1.29 is 4.74 Å². The van der Waals surface area contributed by atoms with E-state index >= 15 is 0 Å². The monoisotopic (exact) mass is 398 g/mol. The number of nitrogens with zero attached hydrogens (tertiary/aromatic N) is 5. The quantitative estimate of drug-likeness (QED) is 0.463. The topological polar surface area (TPSA) is 95.4 Å². The molecule has 0 aliphatic carbocycles. The average molecular weight is 398 g/mol. The number of fused-ring (bicyclic) bond motifs is 1. The molecule has 0 bridgehead atoms. The van der Waals surface area contributed by atoms with Gasteiger partial charge in [-0.1, -0.05) is 13.3 Å². The first-order valence-electron chi connectivity index (χ1n) is 9.66. The summed E-state index contributed by atoms with van der Waals surface area (Å²) < 4.78 is 9.69. The third kappa shape index (κ3) is 4.08. The second-order valence-electron chi connectivity index (χ2n) is 6.69. The maximum atomic E-state index is 12.7. The Kier molecular flexibility index (Phi) is 6.16. The van der Waals surface area contributed by atoms with Gasteiger partial charge in [0.2, 0.25) is 5.95 Å². The van der Waals surface area contributed by atoms with Crippen LogP contribution in [0.2, 0.25) is 0 Å². The number of rotatable bonds is 8. The molecule has 3 rings (SSSR count). The molecule has 0 fully saturated rings. The fourth-order valence-corrected chi connectivity index (χ4v) is 3.05. The Balaban J connectivity index is 1.95. The Morgan fingerprint density at radius 1 is 1.14 bits per heavy atom. The van der Waals surface area contributed by atoms with E-state index in [-0.39, 0.29) is 5.56 Å². The zero-order valence-corrected chi connectivity index (χ0v) is 17.2. The summed E-state index contributed by atoms with van der Waals surface area (Å²) >= 11 is 0. The Morgan fingerprint density at radius 3 is 2.52 bits per heavy atom. The number of hydrazone groups is 1. The predicted molar refractivity (Wildman–Crippen MR) is 114 cm³/mol. The van der Waals surface area contributed by atoms with Crippen molar-refractivity contribution in [1.82, 2.24) is 18.7 Å². The van der Waals surface area contributed by atoms with Gasteiger partial charge in [0.15, 0.2) is 11.2 Å². The lowest BCUT2D eigenvalue weighted by atomic mass is 10.2. The third-order valence-electron chi connectivity index (χ3n) is 4.65. The molecule has 0 aliphatic heterocycles. The van der Waals surface area contributed by atoms with Crippen LogP contribution in [-0.2, 0) is 20.6 Å². The molecule has 0 atom stereocenters. The van der Waals surface area contributed by atoms with Gasteiger partial charge in [0.25, 0.3) is 5.56 Å². The maximum Gasteiger partial charge on any atom is 0.332 e. The van der Waals surface area contributed by atoms with Crippen molar-refractivity contribution in [2.45, 2.75) is 33.2 Å². The van der Waals surface area contributed by atoms with Gasteiger partial charge in [-0.15, -0.1) is 0 Å². The maximum absolute atomic E-state index is 12.7. The molecule has 3 aromatic rings. The molecule has 0 saturated carbocycles. The fourth-order valence-electron chi connectivity index (χ4n) is 3.05. The SMILES string of the molecule is CCCCn1c(N/N=C/c2ccc(OCC)cc2)nc2c1c(=O)n(C)c(=O)n2C. The molecule has 2 aromatic heterocycles. The predicted octanol–water partition coefficient (Wildman–Crippen LogP) is 2.08. The normalized spacial score (nSPS) is 11.4. The lowest BCUT2D eigenvalue weighted by Gasteiger charge is -2.08. The van der Waals surface area contributed by atoms with Gasteiger partial charge in [-0.3, -0.25) is 13.9 Å². The van der Waals surface area contributed by atoms with Crippen molar-refractivity contribution in [3.8, 4) is 5.75 Å². The number of hydrogen-bond acceptors (Lipinski definition) is 6. The number of hydrogen-bond donors (Lipinski definition) is 1. The third-order valence-corrected chi connectivity index (χ3v) is 4.65. The summed E-state index contributed by atoms with van der Waals surface area (Å²) in [5, 5.41) is 4.26. The smallest absolute Gasteiger partial charge is 0.332 e. The van der Waals surface area contributed by atoms with E-state index in [0.29, 0.717) is 30.3 Å². The van der Waals surface area contributed by atoms with Crippen molar-refractivity contribution in [1.29, 1.82) is 0 Å². The Labute approximate surface area is 168 Å². The van der Waals surface area contributed by atoms with E-state index in [9.17, 15) is 9.59 Å². The van der Waals surface area contributed by atoms with E-state index in [0.717, 1.165) is 28.7 Å². The summed E-state index contributed by atoms with van der Waals surface area (Å²) in [6.45, 7) is 5.23. The molecule has 0 saturated heterocycles. The Bertz CT molecular complexity index is 1140. The summed E-state index contributed by atoms with van der Waals surface area (Å²) in [6, 6.07) is 7.55. The molecule has 9 heteroatoms. The van der Waals surface area contributed by atoms with Gasteiger partial charge >= 0.3 is 5.69 Å². The summed E-state index contributed by atoms with van der Waals surface area (Å²) in [5.41, 5.74) is 3.76. The van der Waals surface area contributed by atoms with Crippen LogP contribution < -0.4 is 21.4 Å². The van der Waals surface area contributed by atoms with Crippen LogP contribution >= 0.6 is 0 Å². The summed E-state index contributed by atoms with van der Waals surface area (Å²) in [7, 11) is 3.08. The average Bonchev–Trinajstić information content (AvgIpc) is 3.09. The summed E-state index contributed by atoms with van der Waals surface area (Å²) in [5.74, 6) is 1.23. The zero-order valence-electron chi connectivity index (χ0n) is 17.2. The van der Waals surface area contributed by atoms with Crippen LogP contribution in [0.3, 0.4) is 0 Å². The molecule has 9 nitrogen and oxygen atoms in total. The molecule has 1 aromatic carbocycles. The molecule has 0 spiro atoms. The van der Waals surface area contributed by atoms with E-state index in [1.54, 1.807) is 17.8 Å². The number of nitrogens with one attached hydrogen (secondary N) is 1. The number of unbranched alkanes of at least 4 members (excludes halogenated alkanes) is 1. The molecular weight excluding hydrogens is 372 g/mol. The summed E-state index contributed by atoms with van der Waals surface area (Å²) in [4.78, 5) is 29.4. The van der Waals surface area contributed by atoms with Crippen molar-refractivity contribution in [2.24, 2.45) is 19.2 Å². The van der Waals surface area contributed by atoms with Gasteiger partial charge in [-0.2, -0.15) is 10.1 Å². The van der Waals surface area contributed by atoms with Gasteiger partial charge in [0.05, 0.1) is 12.8 Å². The minimum atomic E-state index is -0.410. The number of aromatic nitrogens is 4. The molecule has 0 amide bonds. The molecule has 154 valence electrons. The molecular formula is C20H26N6O3. The first-order valence-corrected chi connectivity index (χ1v) is 9.66. The Morgan fingerprint density at radius 2 is 1.86 bits per heavy atom. The van der Waals surface area contributed by atoms with Crippen LogP contribution in [-0.4, -0.2) is 31.5 Å². The summed E-state index contributed by atoms with van der Waals surface area (Å²) in [6.07, 6.45) is 3.49. The standard InChI is InChI=1S/C20H26N6O3/c1-5-7-12-26-16-17(24(3)20(28)25(4)18(16)27)22-19(26)23-21-13-14-8-10-15(11-9-14)29-6-2/h8-11,13H,5-7,12H2,1-4H3,(H,22,23)/b21-13+. The van der Waals surface area contributed by atoms with Crippen LogP contribution in [0.15, 0.2) is 39.0 Å². The number of imidazole rings is 1. The molecule has 0 radical (unpaired) electrons. The van der Waals surface area contributed by atoms with Gasteiger partial charge in [0, 0.05) is 20.6 Å². The van der Waals surface area contributed by atoms with Crippen LogP contribution in [0.25, 0.3) is 11.2 Å². The van der Waals surface area contributed by atoms with E-state index in [1.165, 1.54) is 11.6 Å². The molecule has 1 N–H and O–H groups in total. The molecule has 0 aliphatic rings. The highest BCUT2D eigenvalue weighted by molar-refractivity contribution is 5.80. The second kappa shape index (κ2) is 8.76. The lowest BCUT2D eigenvalue weighted by molar-refractivity contribution is 0.340. The van der Waals surface area contributed by atoms with Crippen molar-refractivity contribution >= 4 is 23.3 Å². The van der Waals surface area contributed by atoms with E-state index in [4.69, 9.17) is 4.74 Å². The lowest BCUT2D eigenvalue weighted by Crippen LogP contribution is -2.37. The van der Waals surface area contributed by atoms with E-state index in [2.05, 4.69) is 22.4 Å². The van der Waals surface area contributed by atoms with E-state index in [1.807, 2.05) is 31.2 Å². The van der Waals surface area contributed by atoms with Crippen molar-refractivity contribution in [2.75, 3.05) is 12.0 Å². The minimum absolute atomic E-state index is 0.341. The van der Waals surface area contributed by atoms with Gasteiger partial charge < -0.3 is 9.30 Å². The largest absolute Gasteiger partial charge is 0.494 e. The van der Waals surface area contributed by atoms with Crippen molar-refractivity contribution in [3.63, 3.8) is 0 Å². The van der Waals surface area contributed by atoms with Gasteiger partial charge in [-0.05, 0) is 43.2 Å². The first kappa shape index (κ1) is 20.4. The molecule has 0 unspecified atom stereocenters. The molecule has 29 heavy (non-hydrogen) atoms. The second-order valence-corrected chi connectivity index (χ2v) is 6.69. The minimum Gasteiger partial charge on any atom is -0.494 e. The zero-order chi connectivity index (χ0) is 21.0. The highest BCUT2D eigenvalue weighted by Gasteiger charge is 2.18. The number of benzene rings is 1. The number of aryl methyl sites for hydroxylation is 2. The van der Waals surface area contributed by atoms with Gasteiger partial charge in [-0.25, -0.2) is 10.2 Å². The highest BCUT2D eigenvalue weighted by atomic mass is 16.5. The Hall–Kier alpha value is -3.36. The van der Waals surface area contributed by atoms with Crippen LogP contribution in [0.1, 0.15) is 32.3 Å². The van der Waals surface area contributed by atoms with Crippen molar-refractivity contribution in [3.05, 3.63) is 50.7 Å². The first-order chi connectivity index (χ1) is 14.0. The molecule has 2 heterocycles. The van der Waals surface area contributed by atoms with Gasteiger partial charge in [0.1, 0.15) is 5.75 Å². The van der Waals surface area contributed by atoms with Crippen LogP contribution in [0.5, 0.6) is 5.75 Å².